The van der Waals surface area contributed by atoms with E-state index in [1.165, 1.54) is 114 Å². The Bertz CT molecular complexity index is 920. The molecular weight excluding hydrogens is 715 g/mol. The first-order chi connectivity index (χ1) is 27.9. The molecule has 0 saturated carbocycles. The zero-order chi connectivity index (χ0) is 41.4. The van der Waals surface area contributed by atoms with Crippen molar-refractivity contribution >= 4 is 18.0 Å². The van der Waals surface area contributed by atoms with Crippen LogP contribution in [0.4, 0.5) is 4.79 Å². The number of nitrogens with one attached hydrogen (secondary N) is 1. The van der Waals surface area contributed by atoms with E-state index in [0.717, 1.165) is 116 Å². The summed E-state index contributed by atoms with van der Waals surface area (Å²) < 4.78 is 11.5. The number of hydrogen-bond acceptors (Lipinski definition) is 7. The van der Waals surface area contributed by atoms with E-state index >= 15 is 0 Å². The van der Waals surface area contributed by atoms with Gasteiger partial charge >= 0.3 is 18.0 Å². The van der Waals surface area contributed by atoms with Crippen LogP contribution >= 0.6 is 0 Å². The molecule has 9 nitrogen and oxygen atoms in total. The summed E-state index contributed by atoms with van der Waals surface area (Å²) >= 11 is 0. The fraction of sp³-hybridized carbons (Fsp3) is 0.938. The second-order valence-electron chi connectivity index (χ2n) is 17.2. The quantitative estimate of drug-likeness (QED) is 0.0466. The third-order valence-electron chi connectivity index (χ3n) is 11.7. The molecule has 1 fully saturated rings. The molecule has 0 aromatic heterocycles. The molecule has 1 aliphatic heterocycles. The number of carbonyl (C=O) groups excluding carboxylic acids is 3. The molecule has 1 heterocycles. The molecule has 1 rings (SSSR count). The van der Waals surface area contributed by atoms with E-state index in [-0.39, 0.29) is 24.1 Å². The van der Waals surface area contributed by atoms with Gasteiger partial charge in [-0.1, -0.05) is 162 Å². The topological polar surface area (TPSA) is 108 Å². The fourth-order valence-corrected chi connectivity index (χ4v) is 7.98. The fourth-order valence-electron chi connectivity index (χ4n) is 7.98. The number of hydrogen-bond donors (Lipinski definition) is 2. The van der Waals surface area contributed by atoms with Crippen molar-refractivity contribution in [3.63, 3.8) is 0 Å². The number of carbonyl (C=O) groups is 3. The number of rotatable bonds is 43. The molecule has 0 radical (unpaired) electrons. The minimum atomic E-state index is -0.729. The van der Waals surface area contributed by atoms with Crippen molar-refractivity contribution in [1.29, 1.82) is 0 Å². The van der Waals surface area contributed by atoms with Crippen LogP contribution in [0.2, 0.25) is 0 Å². The number of amides is 2. The summed E-state index contributed by atoms with van der Waals surface area (Å²) in [6, 6.07) is -0.175. The SMILES string of the molecule is CCCCCCCCCOC(=O)CCCCCCCN(CCCCCCCC(=O)OC(CCCCCCCC)CCCCCCCC)CCCN1C(=O)NCC1O. The monoisotopic (exact) mass is 808 g/mol. The van der Waals surface area contributed by atoms with Crippen LogP contribution in [0.1, 0.15) is 239 Å². The van der Waals surface area contributed by atoms with E-state index in [1.807, 2.05) is 0 Å². The van der Waals surface area contributed by atoms with Crippen LogP contribution in [0.5, 0.6) is 0 Å². The van der Waals surface area contributed by atoms with Gasteiger partial charge in [-0.25, -0.2) is 4.79 Å². The highest BCUT2D eigenvalue weighted by Crippen LogP contribution is 2.19. The molecular formula is C48H93N3O6. The summed E-state index contributed by atoms with van der Waals surface area (Å²) in [5.74, 6) is -0.0474. The summed E-state index contributed by atoms with van der Waals surface area (Å²) in [7, 11) is 0. The summed E-state index contributed by atoms with van der Waals surface area (Å²) in [4.78, 5) is 41.1. The first-order valence-corrected chi connectivity index (χ1v) is 24.7. The van der Waals surface area contributed by atoms with E-state index < -0.39 is 6.23 Å². The predicted molar refractivity (Wildman–Crippen MR) is 237 cm³/mol. The van der Waals surface area contributed by atoms with Gasteiger partial charge < -0.3 is 24.8 Å². The molecule has 0 bridgehead atoms. The lowest BCUT2D eigenvalue weighted by atomic mass is 10.0. The van der Waals surface area contributed by atoms with Crippen molar-refractivity contribution < 1.29 is 29.0 Å². The molecule has 1 aliphatic rings. The third-order valence-corrected chi connectivity index (χ3v) is 11.7. The molecule has 2 N–H and O–H groups in total. The largest absolute Gasteiger partial charge is 0.466 e. The average Bonchev–Trinajstić information content (AvgIpc) is 3.52. The normalized spacial score (nSPS) is 14.2. The van der Waals surface area contributed by atoms with Gasteiger partial charge in [0.15, 0.2) is 0 Å². The van der Waals surface area contributed by atoms with E-state index in [0.29, 0.717) is 32.5 Å². The van der Waals surface area contributed by atoms with Crippen molar-refractivity contribution in [2.24, 2.45) is 0 Å². The molecule has 9 heteroatoms. The lowest BCUT2D eigenvalue weighted by molar-refractivity contribution is -0.150. The molecule has 0 spiro atoms. The van der Waals surface area contributed by atoms with Crippen LogP contribution in [0.25, 0.3) is 0 Å². The van der Waals surface area contributed by atoms with Crippen molar-refractivity contribution in [3.8, 4) is 0 Å². The Balaban J connectivity index is 2.30. The number of unbranched alkanes of at least 4 members (excludes halogenated alkanes) is 24. The summed E-state index contributed by atoms with van der Waals surface area (Å²) in [6.07, 6.45) is 37.8. The van der Waals surface area contributed by atoms with Crippen LogP contribution in [0, 0.1) is 0 Å². The molecule has 57 heavy (non-hydrogen) atoms. The van der Waals surface area contributed by atoms with Crippen molar-refractivity contribution in [3.05, 3.63) is 0 Å². The number of urea groups is 1. The Morgan fingerprint density at radius 3 is 1.51 bits per heavy atom. The Kier molecular flexibility index (Phi) is 36.9. The number of aliphatic hydroxyl groups excluding tert-OH is 1. The number of nitrogens with zero attached hydrogens (tertiary/aromatic N) is 2. The second kappa shape index (κ2) is 39.6. The number of ether oxygens (including phenoxy) is 2. The van der Waals surface area contributed by atoms with Gasteiger partial charge in [0.2, 0.25) is 0 Å². The first kappa shape index (κ1) is 53.1. The van der Waals surface area contributed by atoms with Gasteiger partial charge in [0.1, 0.15) is 12.3 Å². The Hall–Kier alpha value is -1.87. The zero-order valence-electron chi connectivity index (χ0n) is 37.8. The van der Waals surface area contributed by atoms with Crippen LogP contribution in [0.3, 0.4) is 0 Å². The van der Waals surface area contributed by atoms with Crippen LogP contribution in [-0.4, -0.2) is 84.5 Å². The molecule has 0 aromatic rings. The maximum absolute atomic E-state index is 12.8. The van der Waals surface area contributed by atoms with Crippen LogP contribution < -0.4 is 5.32 Å². The van der Waals surface area contributed by atoms with Gasteiger partial charge in [-0.15, -0.1) is 0 Å². The van der Waals surface area contributed by atoms with E-state index in [2.05, 4.69) is 31.0 Å². The van der Waals surface area contributed by atoms with Crippen molar-refractivity contribution in [1.82, 2.24) is 15.1 Å². The average molecular weight is 808 g/mol. The van der Waals surface area contributed by atoms with Gasteiger partial charge in [0, 0.05) is 19.4 Å². The van der Waals surface area contributed by atoms with Gasteiger partial charge in [-0.05, 0) is 83.8 Å². The Morgan fingerprint density at radius 2 is 1.02 bits per heavy atom. The minimum Gasteiger partial charge on any atom is -0.466 e. The van der Waals surface area contributed by atoms with Crippen LogP contribution in [0.15, 0.2) is 0 Å². The highest BCUT2D eigenvalue weighted by Gasteiger charge is 2.28. The maximum atomic E-state index is 12.8. The molecule has 1 saturated heterocycles. The van der Waals surface area contributed by atoms with Gasteiger partial charge in [-0.3, -0.25) is 14.5 Å². The lowest BCUT2D eigenvalue weighted by Gasteiger charge is -2.24. The Labute approximate surface area is 351 Å². The second-order valence-corrected chi connectivity index (χ2v) is 17.2. The predicted octanol–water partition coefficient (Wildman–Crippen LogP) is 12.4. The number of esters is 2. The molecule has 0 aliphatic carbocycles. The highest BCUT2D eigenvalue weighted by molar-refractivity contribution is 5.76. The molecule has 2 amide bonds. The molecule has 336 valence electrons. The highest BCUT2D eigenvalue weighted by atomic mass is 16.5. The van der Waals surface area contributed by atoms with Gasteiger partial charge in [0.25, 0.3) is 0 Å². The minimum absolute atomic E-state index is 0.00122. The van der Waals surface area contributed by atoms with Crippen molar-refractivity contribution in [2.45, 2.75) is 251 Å². The first-order valence-electron chi connectivity index (χ1n) is 24.7. The van der Waals surface area contributed by atoms with Crippen LogP contribution in [-0.2, 0) is 19.1 Å². The smallest absolute Gasteiger partial charge is 0.319 e. The van der Waals surface area contributed by atoms with Crippen molar-refractivity contribution in [2.75, 3.05) is 39.3 Å². The summed E-state index contributed by atoms with van der Waals surface area (Å²) in [6.45, 7) is 11.1. The third kappa shape index (κ3) is 32.6. The molecule has 1 unspecified atom stereocenters. The molecule has 1 atom stereocenters. The van der Waals surface area contributed by atoms with Gasteiger partial charge in [-0.2, -0.15) is 0 Å². The maximum Gasteiger partial charge on any atom is 0.319 e. The lowest BCUT2D eigenvalue weighted by Crippen LogP contribution is -2.37. The van der Waals surface area contributed by atoms with E-state index in [9.17, 15) is 19.5 Å². The number of aliphatic hydroxyl groups is 1. The van der Waals surface area contributed by atoms with E-state index in [4.69, 9.17) is 9.47 Å². The number of β-amino-alcohol motifs (C(OH)–C–C–N with tert-alkyl or cyclic N) is 1. The molecule has 0 aromatic carbocycles. The Morgan fingerprint density at radius 1 is 0.596 bits per heavy atom. The summed E-state index contributed by atoms with van der Waals surface area (Å²) in [5.41, 5.74) is 0. The summed E-state index contributed by atoms with van der Waals surface area (Å²) in [5, 5.41) is 12.8. The zero-order valence-corrected chi connectivity index (χ0v) is 37.8. The standard InChI is InChI=1S/C48H93N3O6/c1-4-7-10-13-16-25-32-42-56-46(53)36-28-21-17-23-30-38-50(40-33-41-51-45(52)43-49-48(51)55)39-31-24-18-22-29-37-47(54)57-44(34-26-19-14-11-8-5-2)35-27-20-15-12-9-6-3/h44-45,52H,4-43H2,1-3H3,(H,49,55). The van der Waals surface area contributed by atoms with E-state index in [1.54, 1.807) is 0 Å². The van der Waals surface area contributed by atoms with Gasteiger partial charge in [0.05, 0.1) is 13.2 Å².